The number of likely N-dealkylation sites (N-methyl/N-ethyl adjacent to an activating group) is 1. The number of amides is 2. The SMILES string of the molecule is CCNC(=O)[C@@H](Cc1ccccc1)N(Cc1cccc(Cl)c1)C(=O)CN(c1cc(C(F)(F)F)ccc1Cl)S(C)(=O)=O. The summed E-state index contributed by atoms with van der Waals surface area (Å²) in [7, 11) is -4.31. The van der Waals surface area contributed by atoms with Gasteiger partial charge in [0.15, 0.2) is 0 Å². The quantitative estimate of drug-likeness (QED) is 0.301. The van der Waals surface area contributed by atoms with Crippen LogP contribution in [0.2, 0.25) is 10.0 Å². The number of sulfonamides is 1. The monoisotopic (exact) mass is 629 g/mol. The summed E-state index contributed by atoms with van der Waals surface area (Å²) in [6, 6.07) is 16.6. The average Bonchev–Trinajstić information content (AvgIpc) is 2.89. The van der Waals surface area contributed by atoms with E-state index in [0.717, 1.165) is 17.9 Å². The summed E-state index contributed by atoms with van der Waals surface area (Å²) in [5.41, 5.74) is -0.375. The van der Waals surface area contributed by atoms with Gasteiger partial charge in [0.05, 0.1) is 22.5 Å². The van der Waals surface area contributed by atoms with Crippen molar-refractivity contribution in [2.75, 3.05) is 23.7 Å². The molecular formula is C28H28Cl2F3N3O4S. The third-order valence-electron chi connectivity index (χ3n) is 6.09. The number of hydrogen-bond donors (Lipinski definition) is 1. The van der Waals surface area contributed by atoms with Crippen molar-refractivity contribution in [2.24, 2.45) is 0 Å². The lowest BCUT2D eigenvalue weighted by Gasteiger charge is -2.33. The van der Waals surface area contributed by atoms with Crippen molar-refractivity contribution >= 4 is 50.7 Å². The Morgan fingerprint density at radius 3 is 2.20 bits per heavy atom. The maximum atomic E-state index is 13.9. The predicted octanol–water partition coefficient (Wildman–Crippen LogP) is 5.55. The van der Waals surface area contributed by atoms with Gasteiger partial charge in [0, 0.05) is 24.5 Å². The van der Waals surface area contributed by atoms with E-state index < -0.39 is 51.9 Å². The van der Waals surface area contributed by atoms with Crippen molar-refractivity contribution in [3.8, 4) is 0 Å². The highest BCUT2D eigenvalue weighted by molar-refractivity contribution is 7.92. The van der Waals surface area contributed by atoms with E-state index in [2.05, 4.69) is 5.32 Å². The Kier molecular flexibility index (Phi) is 10.7. The first-order valence-electron chi connectivity index (χ1n) is 12.4. The van der Waals surface area contributed by atoms with Crippen LogP contribution in [0.4, 0.5) is 18.9 Å². The average molecular weight is 631 g/mol. The molecule has 41 heavy (non-hydrogen) atoms. The molecule has 0 aliphatic carbocycles. The number of carbonyl (C=O) groups excluding carboxylic acids is 2. The molecule has 0 aliphatic rings. The number of benzene rings is 3. The molecule has 0 aromatic heterocycles. The van der Waals surface area contributed by atoms with Crippen LogP contribution in [0.25, 0.3) is 0 Å². The summed E-state index contributed by atoms with van der Waals surface area (Å²) in [5, 5.41) is 2.78. The topological polar surface area (TPSA) is 86.8 Å². The lowest BCUT2D eigenvalue weighted by atomic mass is 10.0. The maximum absolute atomic E-state index is 13.9. The Hall–Kier alpha value is -3.28. The summed E-state index contributed by atoms with van der Waals surface area (Å²) >= 11 is 12.3. The minimum absolute atomic E-state index is 0.0855. The highest BCUT2D eigenvalue weighted by Gasteiger charge is 2.35. The van der Waals surface area contributed by atoms with Crippen molar-refractivity contribution in [1.29, 1.82) is 0 Å². The van der Waals surface area contributed by atoms with Crippen LogP contribution >= 0.6 is 23.2 Å². The molecule has 1 atom stereocenters. The first-order valence-corrected chi connectivity index (χ1v) is 15.0. The molecule has 0 unspecified atom stereocenters. The molecule has 1 N–H and O–H groups in total. The number of alkyl halides is 3. The number of rotatable bonds is 11. The van der Waals surface area contributed by atoms with E-state index >= 15 is 0 Å². The van der Waals surface area contributed by atoms with Crippen LogP contribution in [0.5, 0.6) is 0 Å². The van der Waals surface area contributed by atoms with Gasteiger partial charge in [-0.15, -0.1) is 0 Å². The number of nitrogens with zero attached hydrogens (tertiary/aromatic N) is 2. The summed E-state index contributed by atoms with van der Waals surface area (Å²) < 4.78 is 66.5. The van der Waals surface area contributed by atoms with Crippen molar-refractivity contribution in [3.05, 3.63) is 99.5 Å². The van der Waals surface area contributed by atoms with Gasteiger partial charge < -0.3 is 10.2 Å². The molecule has 3 aromatic carbocycles. The second-order valence-electron chi connectivity index (χ2n) is 9.19. The molecule has 0 spiro atoms. The van der Waals surface area contributed by atoms with E-state index in [4.69, 9.17) is 23.2 Å². The highest BCUT2D eigenvalue weighted by atomic mass is 35.5. The molecule has 0 heterocycles. The molecular weight excluding hydrogens is 602 g/mol. The summed E-state index contributed by atoms with van der Waals surface area (Å²) in [4.78, 5) is 28.4. The molecule has 0 saturated heterocycles. The number of halogens is 5. The van der Waals surface area contributed by atoms with Crippen LogP contribution in [-0.4, -0.2) is 50.5 Å². The zero-order chi connectivity index (χ0) is 30.4. The van der Waals surface area contributed by atoms with Crippen molar-refractivity contribution < 1.29 is 31.2 Å². The summed E-state index contributed by atoms with van der Waals surface area (Å²) in [6.45, 7) is 0.924. The van der Waals surface area contributed by atoms with E-state index in [0.29, 0.717) is 27.0 Å². The van der Waals surface area contributed by atoms with Gasteiger partial charge in [0.2, 0.25) is 21.8 Å². The van der Waals surface area contributed by atoms with E-state index in [-0.39, 0.29) is 24.5 Å². The van der Waals surface area contributed by atoms with Crippen molar-refractivity contribution in [2.45, 2.75) is 32.1 Å². The maximum Gasteiger partial charge on any atom is 0.416 e. The molecule has 0 fully saturated rings. The van der Waals surface area contributed by atoms with Crippen LogP contribution in [0, 0.1) is 0 Å². The lowest BCUT2D eigenvalue weighted by molar-refractivity contribution is -0.140. The van der Waals surface area contributed by atoms with Crippen LogP contribution in [0.15, 0.2) is 72.8 Å². The molecule has 0 saturated carbocycles. The molecule has 0 bridgehead atoms. The van der Waals surface area contributed by atoms with Crippen LogP contribution in [-0.2, 0) is 38.8 Å². The molecule has 0 aliphatic heterocycles. The van der Waals surface area contributed by atoms with Crippen LogP contribution < -0.4 is 9.62 Å². The van der Waals surface area contributed by atoms with E-state index in [1.54, 1.807) is 61.5 Å². The van der Waals surface area contributed by atoms with Gasteiger partial charge in [-0.2, -0.15) is 13.2 Å². The fourth-order valence-corrected chi connectivity index (χ4v) is 5.49. The van der Waals surface area contributed by atoms with Gasteiger partial charge in [-0.1, -0.05) is 65.7 Å². The van der Waals surface area contributed by atoms with Gasteiger partial charge >= 0.3 is 6.18 Å². The van der Waals surface area contributed by atoms with Gasteiger partial charge in [0.25, 0.3) is 0 Å². The molecule has 13 heteroatoms. The van der Waals surface area contributed by atoms with Crippen molar-refractivity contribution in [3.63, 3.8) is 0 Å². The van der Waals surface area contributed by atoms with E-state index in [1.807, 2.05) is 0 Å². The normalized spacial score (nSPS) is 12.5. The number of nitrogens with one attached hydrogen (secondary N) is 1. The first-order chi connectivity index (χ1) is 19.2. The Morgan fingerprint density at radius 2 is 1.61 bits per heavy atom. The third-order valence-corrected chi connectivity index (χ3v) is 7.77. The van der Waals surface area contributed by atoms with Crippen molar-refractivity contribution in [1.82, 2.24) is 10.2 Å². The second kappa shape index (κ2) is 13.6. The van der Waals surface area contributed by atoms with Gasteiger partial charge in [0.1, 0.15) is 12.6 Å². The standard InChI is InChI=1S/C28H28Cl2F3N3O4S/c1-3-34-27(38)25(15-19-8-5-4-6-9-19)35(17-20-10-7-11-22(29)14-20)26(37)18-36(41(2,39)40)24-16-21(28(31,32)33)12-13-23(24)30/h4-14,16,25H,3,15,17-18H2,1-2H3,(H,34,38)/t25-/m1/s1. The largest absolute Gasteiger partial charge is 0.416 e. The predicted molar refractivity (Wildman–Crippen MR) is 153 cm³/mol. The minimum Gasteiger partial charge on any atom is -0.355 e. The molecule has 7 nitrogen and oxygen atoms in total. The second-order valence-corrected chi connectivity index (χ2v) is 11.9. The van der Waals surface area contributed by atoms with Crippen LogP contribution in [0.3, 0.4) is 0 Å². The van der Waals surface area contributed by atoms with Gasteiger partial charge in [-0.05, 0) is 48.4 Å². The fourth-order valence-electron chi connectivity index (χ4n) is 4.15. The summed E-state index contributed by atoms with van der Waals surface area (Å²) in [6.07, 6.45) is -3.95. The zero-order valence-electron chi connectivity index (χ0n) is 22.2. The molecule has 3 aromatic rings. The molecule has 2 amide bonds. The lowest BCUT2D eigenvalue weighted by Crippen LogP contribution is -2.53. The molecule has 0 radical (unpaired) electrons. The van der Waals surface area contributed by atoms with E-state index in [9.17, 15) is 31.2 Å². The zero-order valence-corrected chi connectivity index (χ0v) is 24.5. The summed E-state index contributed by atoms with van der Waals surface area (Å²) in [5.74, 6) is -1.33. The Bertz CT molecular complexity index is 1490. The Labute approximate surface area is 246 Å². The first kappa shape index (κ1) is 32.2. The van der Waals surface area contributed by atoms with Gasteiger partial charge in [-0.3, -0.25) is 13.9 Å². The van der Waals surface area contributed by atoms with E-state index in [1.165, 1.54) is 4.90 Å². The molecule has 220 valence electrons. The highest BCUT2D eigenvalue weighted by Crippen LogP contribution is 2.36. The molecule has 3 rings (SSSR count). The number of carbonyl (C=O) groups is 2. The van der Waals surface area contributed by atoms with Gasteiger partial charge in [-0.25, -0.2) is 8.42 Å². The Balaban J connectivity index is 2.10. The smallest absolute Gasteiger partial charge is 0.355 e. The third kappa shape index (κ3) is 8.85. The number of hydrogen-bond acceptors (Lipinski definition) is 4. The van der Waals surface area contributed by atoms with Crippen LogP contribution in [0.1, 0.15) is 23.6 Å². The number of anilines is 1. The fraction of sp³-hybridized carbons (Fsp3) is 0.286. The Morgan fingerprint density at radius 1 is 0.951 bits per heavy atom. The minimum atomic E-state index is -4.79.